The molecule has 25 heavy (non-hydrogen) atoms. The first-order valence-corrected chi connectivity index (χ1v) is 8.17. The van der Waals surface area contributed by atoms with E-state index >= 15 is 0 Å². The minimum absolute atomic E-state index is 0.181. The molecule has 132 valence electrons. The molecule has 0 spiro atoms. The van der Waals surface area contributed by atoms with Crippen LogP contribution in [0.2, 0.25) is 0 Å². The van der Waals surface area contributed by atoms with E-state index in [1.54, 1.807) is 19.2 Å². The number of nitrogens with zero attached hydrogens (tertiary/aromatic N) is 4. The van der Waals surface area contributed by atoms with E-state index in [9.17, 15) is 9.90 Å². The zero-order valence-electron chi connectivity index (χ0n) is 14.4. The Morgan fingerprint density at radius 1 is 1.36 bits per heavy atom. The van der Waals surface area contributed by atoms with Crippen LogP contribution in [-0.4, -0.2) is 58.2 Å². The SMILES string of the molecule is CNc1cc(N2CC[C@@](O)(CNC(=O)c3ccc(C)nc3)C2)ncn1. The molecule has 1 amide bonds. The van der Waals surface area contributed by atoms with Gasteiger partial charge in [0.2, 0.25) is 0 Å². The fourth-order valence-corrected chi connectivity index (χ4v) is 2.80. The van der Waals surface area contributed by atoms with Crippen LogP contribution >= 0.6 is 0 Å². The molecule has 2 aromatic heterocycles. The van der Waals surface area contributed by atoms with Crippen molar-refractivity contribution in [1.82, 2.24) is 20.3 Å². The molecule has 0 aromatic carbocycles. The minimum Gasteiger partial charge on any atom is -0.386 e. The summed E-state index contributed by atoms with van der Waals surface area (Å²) in [5.41, 5.74) is 0.351. The molecule has 1 saturated heterocycles. The van der Waals surface area contributed by atoms with E-state index in [0.717, 1.165) is 17.3 Å². The highest BCUT2D eigenvalue weighted by Gasteiger charge is 2.37. The standard InChI is InChI=1S/C17H22N6O2/c1-12-3-4-13(8-19-12)16(24)20-9-17(25)5-6-23(10-17)15-7-14(18-2)21-11-22-15/h3-4,7-8,11,25H,5-6,9-10H2,1-2H3,(H,20,24)(H,18,21,22)/t17-/m1/s1. The molecule has 0 saturated carbocycles. The molecule has 1 fully saturated rings. The lowest BCUT2D eigenvalue weighted by molar-refractivity contribution is 0.0575. The molecule has 0 unspecified atom stereocenters. The lowest BCUT2D eigenvalue weighted by atomic mass is 10.0. The first kappa shape index (κ1) is 17.1. The van der Waals surface area contributed by atoms with Gasteiger partial charge < -0.3 is 20.6 Å². The number of carbonyl (C=O) groups excluding carboxylic acids is 1. The van der Waals surface area contributed by atoms with Crippen LogP contribution in [0.25, 0.3) is 0 Å². The Morgan fingerprint density at radius 3 is 2.92 bits per heavy atom. The molecular formula is C17H22N6O2. The Bertz CT molecular complexity index is 751. The Kier molecular flexibility index (Phi) is 4.80. The third kappa shape index (κ3) is 4.03. The van der Waals surface area contributed by atoms with Crippen LogP contribution in [0.3, 0.4) is 0 Å². The van der Waals surface area contributed by atoms with Gasteiger partial charge in [-0.3, -0.25) is 9.78 Å². The van der Waals surface area contributed by atoms with Crippen molar-refractivity contribution in [3.05, 3.63) is 42.0 Å². The van der Waals surface area contributed by atoms with E-state index < -0.39 is 5.60 Å². The number of aliphatic hydroxyl groups is 1. The second-order valence-corrected chi connectivity index (χ2v) is 6.28. The number of aromatic nitrogens is 3. The van der Waals surface area contributed by atoms with E-state index in [2.05, 4.69) is 25.6 Å². The van der Waals surface area contributed by atoms with E-state index in [1.807, 2.05) is 17.9 Å². The van der Waals surface area contributed by atoms with Gasteiger partial charge in [0.1, 0.15) is 23.6 Å². The number of hydrogen-bond acceptors (Lipinski definition) is 7. The molecule has 8 nitrogen and oxygen atoms in total. The normalized spacial score (nSPS) is 19.7. The zero-order chi connectivity index (χ0) is 17.9. The highest BCUT2D eigenvalue weighted by molar-refractivity contribution is 5.93. The number of rotatable bonds is 5. The molecule has 0 radical (unpaired) electrons. The summed E-state index contributed by atoms with van der Waals surface area (Å²) >= 11 is 0. The lowest BCUT2D eigenvalue weighted by Gasteiger charge is -2.24. The summed E-state index contributed by atoms with van der Waals surface area (Å²) < 4.78 is 0. The minimum atomic E-state index is -0.988. The molecule has 3 N–H and O–H groups in total. The summed E-state index contributed by atoms with van der Waals surface area (Å²) in [6.45, 7) is 3.11. The number of hydrogen-bond donors (Lipinski definition) is 3. The molecular weight excluding hydrogens is 320 g/mol. The summed E-state index contributed by atoms with van der Waals surface area (Å²) in [6, 6.07) is 5.35. The van der Waals surface area contributed by atoms with Gasteiger partial charge in [0.25, 0.3) is 5.91 Å². The summed E-state index contributed by atoms with van der Waals surface area (Å²) in [7, 11) is 1.79. The number of pyridine rings is 1. The topological polar surface area (TPSA) is 103 Å². The lowest BCUT2D eigenvalue weighted by Crippen LogP contribution is -2.45. The van der Waals surface area contributed by atoms with E-state index in [-0.39, 0.29) is 12.5 Å². The maximum absolute atomic E-state index is 12.2. The van der Waals surface area contributed by atoms with Gasteiger partial charge in [-0.15, -0.1) is 0 Å². The van der Waals surface area contributed by atoms with Gasteiger partial charge in [-0.2, -0.15) is 0 Å². The average Bonchev–Trinajstić information content (AvgIpc) is 3.03. The van der Waals surface area contributed by atoms with Crippen molar-refractivity contribution in [3.63, 3.8) is 0 Å². The summed E-state index contributed by atoms with van der Waals surface area (Å²) in [6.07, 6.45) is 3.58. The van der Waals surface area contributed by atoms with E-state index in [4.69, 9.17) is 0 Å². The van der Waals surface area contributed by atoms with Gasteiger partial charge in [-0.1, -0.05) is 0 Å². The first-order chi connectivity index (χ1) is 12.0. The van der Waals surface area contributed by atoms with Crippen LogP contribution in [0.4, 0.5) is 11.6 Å². The molecule has 1 atom stereocenters. The predicted molar refractivity (Wildman–Crippen MR) is 94.7 cm³/mol. The largest absolute Gasteiger partial charge is 0.386 e. The van der Waals surface area contributed by atoms with Crippen LogP contribution < -0.4 is 15.5 Å². The van der Waals surface area contributed by atoms with Gasteiger partial charge >= 0.3 is 0 Å². The Morgan fingerprint density at radius 2 is 2.20 bits per heavy atom. The van der Waals surface area contributed by atoms with Gasteiger partial charge in [0.05, 0.1) is 5.56 Å². The second-order valence-electron chi connectivity index (χ2n) is 6.28. The third-order valence-electron chi connectivity index (χ3n) is 4.32. The van der Waals surface area contributed by atoms with Gasteiger partial charge in [0, 0.05) is 44.6 Å². The quantitative estimate of drug-likeness (QED) is 0.731. The highest BCUT2D eigenvalue weighted by Crippen LogP contribution is 2.26. The summed E-state index contributed by atoms with van der Waals surface area (Å²) in [4.78, 5) is 26.6. The smallest absolute Gasteiger partial charge is 0.252 e. The Hall–Kier alpha value is -2.74. The van der Waals surface area contributed by atoms with Crippen molar-refractivity contribution in [3.8, 4) is 0 Å². The number of carbonyl (C=O) groups is 1. The van der Waals surface area contributed by atoms with Crippen LogP contribution in [0.1, 0.15) is 22.5 Å². The van der Waals surface area contributed by atoms with Crippen molar-refractivity contribution in [2.45, 2.75) is 18.9 Å². The van der Waals surface area contributed by atoms with E-state index in [0.29, 0.717) is 25.1 Å². The third-order valence-corrected chi connectivity index (χ3v) is 4.32. The molecule has 1 aliphatic heterocycles. The summed E-state index contributed by atoms with van der Waals surface area (Å²) in [5, 5.41) is 16.5. The number of nitrogens with one attached hydrogen (secondary N) is 2. The van der Waals surface area contributed by atoms with Crippen molar-refractivity contribution in [2.75, 3.05) is 36.9 Å². The maximum atomic E-state index is 12.2. The fraction of sp³-hybridized carbons (Fsp3) is 0.412. The number of β-amino-alcohol motifs (C(OH)–C–C–N with tert-alkyl or cyclic N) is 1. The average molecular weight is 342 g/mol. The van der Waals surface area contributed by atoms with Crippen LogP contribution in [-0.2, 0) is 0 Å². The second kappa shape index (κ2) is 7.02. The number of anilines is 2. The van der Waals surface area contributed by atoms with Crippen molar-refractivity contribution in [1.29, 1.82) is 0 Å². The molecule has 0 bridgehead atoms. The maximum Gasteiger partial charge on any atom is 0.252 e. The molecule has 3 heterocycles. The molecule has 0 aliphatic carbocycles. The van der Waals surface area contributed by atoms with Crippen molar-refractivity contribution < 1.29 is 9.90 Å². The number of aryl methyl sites for hydroxylation is 1. The molecule has 2 aromatic rings. The van der Waals surface area contributed by atoms with Crippen molar-refractivity contribution in [2.24, 2.45) is 0 Å². The fourth-order valence-electron chi connectivity index (χ4n) is 2.80. The molecule has 1 aliphatic rings. The number of amides is 1. The highest BCUT2D eigenvalue weighted by atomic mass is 16.3. The van der Waals surface area contributed by atoms with Crippen LogP contribution in [0.5, 0.6) is 0 Å². The zero-order valence-corrected chi connectivity index (χ0v) is 14.4. The van der Waals surface area contributed by atoms with Crippen molar-refractivity contribution >= 4 is 17.5 Å². The predicted octanol–water partition coefficient (Wildman–Crippen LogP) is 0.593. The summed E-state index contributed by atoms with van der Waals surface area (Å²) in [5.74, 6) is 1.24. The Labute approximate surface area is 146 Å². The van der Waals surface area contributed by atoms with Gasteiger partial charge in [0.15, 0.2) is 0 Å². The monoisotopic (exact) mass is 342 g/mol. The van der Waals surface area contributed by atoms with Gasteiger partial charge in [-0.05, 0) is 25.5 Å². The van der Waals surface area contributed by atoms with Crippen LogP contribution in [0, 0.1) is 6.92 Å². The molecule has 3 rings (SSSR count). The van der Waals surface area contributed by atoms with E-state index in [1.165, 1.54) is 12.5 Å². The Balaban J connectivity index is 1.59. The first-order valence-electron chi connectivity index (χ1n) is 8.17. The molecule has 8 heteroatoms. The van der Waals surface area contributed by atoms with Crippen LogP contribution in [0.15, 0.2) is 30.7 Å². The van der Waals surface area contributed by atoms with Gasteiger partial charge in [-0.25, -0.2) is 9.97 Å².